The molecule has 0 aliphatic heterocycles. The Labute approximate surface area is 102 Å². The van der Waals surface area contributed by atoms with Crippen LogP contribution in [0.3, 0.4) is 0 Å². The summed E-state index contributed by atoms with van der Waals surface area (Å²) in [7, 11) is -1.62. The molecule has 0 heterocycles. The van der Waals surface area contributed by atoms with Crippen LogP contribution in [0.15, 0.2) is 0 Å². The van der Waals surface area contributed by atoms with Gasteiger partial charge < -0.3 is 15.9 Å². The van der Waals surface area contributed by atoms with E-state index in [0.717, 1.165) is 25.8 Å². The summed E-state index contributed by atoms with van der Waals surface area (Å²) >= 11 is 0. The van der Waals surface area contributed by atoms with Crippen LogP contribution in [0.2, 0.25) is 18.1 Å². The van der Waals surface area contributed by atoms with Gasteiger partial charge in [-0.1, -0.05) is 27.2 Å². The van der Waals surface area contributed by atoms with Crippen molar-refractivity contribution >= 4 is 8.32 Å². The molecule has 0 aromatic rings. The van der Waals surface area contributed by atoms with Crippen molar-refractivity contribution in [3.05, 3.63) is 0 Å². The van der Waals surface area contributed by atoms with Gasteiger partial charge in [0.15, 0.2) is 8.32 Å². The third-order valence-electron chi connectivity index (χ3n) is 3.49. The van der Waals surface area contributed by atoms with Crippen LogP contribution in [0.5, 0.6) is 0 Å². The molecule has 0 rings (SSSR count). The summed E-state index contributed by atoms with van der Waals surface area (Å²) in [6.07, 6.45) is 3.19. The molecule has 0 aromatic heterocycles. The summed E-state index contributed by atoms with van der Waals surface area (Å²) in [5.74, 6) is 0. The fourth-order valence-corrected chi connectivity index (χ4v) is 2.23. The predicted molar refractivity (Wildman–Crippen MR) is 74.0 cm³/mol. The van der Waals surface area contributed by atoms with E-state index in [2.05, 4.69) is 33.9 Å². The number of hydrogen-bond donors (Lipinski definition) is 2. The molecule has 1 atom stereocenters. The van der Waals surface area contributed by atoms with Crippen LogP contribution in [-0.4, -0.2) is 27.5 Å². The van der Waals surface area contributed by atoms with E-state index >= 15 is 0 Å². The number of unbranched alkanes of at least 4 members (excludes halogenated alkanes) is 1. The van der Waals surface area contributed by atoms with E-state index in [0.29, 0.717) is 6.61 Å². The van der Waals surface area contributed by atoms with Gasteiger partial charge in [0, 0.05) is 12.6 Å². The van der Waals surface area contributed by atoms with Gasteiger partial charge in [0.2, 0.25) is 0 Å². The molecule has 1 unspecified atom stereocenters. The average molecular weight is 246 g/mol. The zero-order valence-corrected chi connectivity index (χ0v) is 12.7. The van der Waals surface area contributed by atoms with E-state index in [4.69, 9.17) is 15.9 Å². The lowest BCUT2D eigenvalue weighted by atomic mass is 10.1. The van der Waals surface area contributed by atoms with Crippen LogP contribution in [0.25, 0.3) is 0 Å². The second-order valence-corrected chi connectivity index (χ2v) is 10.9. The van der Waals surface area contributed by atoms with Gasteiger partial charge >= 0.3 is 0 Å². The molecule has 0 saturated heterocycles. The summed E-state index contributed by atoms with van der Waals surface area (Å²) in [6, 6.07) is 0.167. The van der Waals surface area contributed by atoms with Crippen molar-refractivity contribution in [1.82, 2.24) is 0 Å². The maximum atomic E-state index is 6.07. The second-order valence-electron chi connectivity index (χ2n) is 6.12. The standard InChI is InChI=1S/C12H30N2OSi/c1-12(2,3)16(4,5)15-10-11(14)8-6-7-9-13/h11H,6-10,13-14H2,1-5H3. The molecule has 98 valence electrons. The predicted octanol–water partition coefficient (Wildman–Crippen LogP) is 2.46. The minimum atomic E-state index is -1.62. The first-order valence-electron chi connectivity index (χ1n) is 6.30. The zero-order chi connectivity index (χ0) is 12.8. The molecule has 4 N–H and O–H groups in total. The van der Waals surface area contributed by atoms with Crippen LogP contribution in [0.4, 0.5) is 0 Å². The van der Waals surface area contributed by atoms with E-state index in [9.17, 15) is 0 Å². The highest BCUT2D eigenvalue weighted by molar-refractivity contribution is 6.74. The fourth-order valence-electron chi connectivity index (χ4n) is 1.17. The van der Waals surface area contributed by atoms with Crippen molar-refractivity contribution in [2.45, 2.75) is 64.2 Å². The Morgan fingerprint density at radius 1 is 1.19 bits per heavy atom. The maximum absolute atomic E-state index is 6.07. The molecule has 0 radical (unpaired) electrons. The molecule has 3 nitrogen and oxygen atoms in total. The normalized spacial score (nSPS) is 15.2. The molecule has 0 saturated carbocycles. The summed E-state index contributed by atoms with van der Waals surface area (Å²) in [5.41, 5.74) is 11.5. The molecular weight excluding hydrogens is 216 g/mol. The Balaban J connectivity index is 3.86. The molecule has 0 spiro atoms. The van der Waals surface area contributed by atoms with Crippen molar-refractivity contribution < 1.29 is 4.43 Å². The third-order valence-corrected chi connectivity index (χ3v) is 7.99. The van der Waals surface area contributed by atoms with Crippen molar-refractivity contribution in [3.8, 4) is 0 Å². The Kier molecular flexibility index (Phi) is 6.78. The van der Waals surface area contributed by atoms with Crippen LogP contribution in [0.1, 0.15) is 40.0 Å². The van der Waals surface area contributed by atoms with Crippen molar-refractivity contribution in [3.63, 3.8) is 0 Å². The van der Waals surface area contributed by atoms with E-state index < -0.39 is 8.32 Å². The SMILES string of the molecule is CC(C)(C)[Si](C)(C)OCC(N)CCCCN. The molecule has 0 aliphatic rings. The van der Waals surface area contributed by atoms with Crippen molar-refractivity contribution in [2.24, 2.45) is 11.5 Å². The number of rotatable bonds is 7. The minimum absolute atomic E-state index is 0.167. The van der Waals surface area contributed by atoms with Crippen LogP contribution in [0, 0.1) is 0 Å². The molecule has 16 heavy (non-hydrogen) atoms. The molecule has 0 aromatic carbocycles. The highest BCUT2D eigenvalue weighted by Gasteiger charge is 2.37. The van der Waals surface area contributed by atoms with Gasteiger partial charge in [0.05, 0.1) is 0 Å². The lowest BCUT2D eigenvalue weighted by molar-refractivity contribution is 0.256. The smallest absolute Gasteiger partial charge is 0.192 e. The molecular formula is C12H30N2OSi. The van der Waals surface area contributed by atoms with Gasteiger partial charge in [-0.25, -0.2) is 0 Å². The Morgan fingerprint density at radius 2 is 1.75 bits per heavy atom. The van der Waals surface area contributed by atoms with Gasteiger partial charge in [-0.15, -0.1) is 0 Å². The van der Waals surface area contributed by atoms with Gasteiger partial charge in [-0.3, -0.25) is 0 Å². The van der Waals surface area contributed by atoms with E-state index in [-0.39, 0.29) is 11.1 Å². The minimum Gasteiger partial charge on any atom is -0.415 e. The lowest BCUT2D eigenvalue weighted by Crippen LogP contribution is -2.44. The maximum Gasteiger partial charge on any atom is 0.192 e. The summed E-state index contributed by atoms with van der Waals surface area (Å²) in [5, 5.41) is 0.268. The quantitative estimate of drug-likeness (QED) is 0.536. The summed E-state index contributed by atoms with van der Waals surface area (Å²) in [4.78, 5) is 0. The number of hydrogen-bond acceptors (Lipinski definition) is 3. The summed E-state index contributed by atoms with van der Waals surface area (Å²) < 4.78 is 6.07. The molecule has 4 heteroatoms. The summed E-state index contributed by atoms with van der Waals surface area (Å²) in [6.45, 7) is 12.7. The van der Waals surface area contributed by atoms with Gasteiger partial charge in [-0.2, -0.15) is 0 Å². The van der Waals surface area contributed by atoms with Crippen molar-refractivity contribution in [2.75, 3.05) is 13.2 Å². The second kappa shape index (κ2) is 6.74. The topological polar surface area (TPSA) is 61.3 Å². The first-order chi connectivity index (χ1) is 7.20. The van der Waals surface area contributed by atoms with Gasteiger partial charge in [0.25, 0.3) is 0 Å². The third kappa shape index (κ3) is 5.99. The monoisotopic (exact) mass is 246 g/mol. The Hall–Kier alpha value is 0.0969. The highest BCUT2D eigenvalue weighted by atomic mass is 28.4. The Bertz CT molecular complexity index is 190. The molecule has 0 bridgehead atoms. The van der Waals surface area contributed by atoms with Crippen LogP contribution < -0.4 is 11.5 Å². The first kappa shape index (κ1) is 16.1. The lowest BCUT2D eigenvalue weighted by Gasteiger charge is -2.37. The molecule has 0 fully saturated rings. The zero-order valence-electron chi connectivity index (χ0n) is 11.7. The first-order valence-corrected chi connectivity index (χ1v) is 9.21. The van der Waals surface area contributed by atoms with E-state index in [1.165, 1.54) is 0 Å². The molecule has 0 aliphatic carbocycles. The average Bonchev–Trinajstić information content (AvgIpc) is 2.13. The van der Waals surface area contributed by atoms with Crippen LogP contribution in [-0.2, 0) is 4.43 Å². The van der Waals surface area contributed by atoms with Gasteiger partial charge in [0.1, 0.15) is 0 Å². The largest absolute Gasteiger partial charge is 0.415 e. The van der Waals surface area contributed by atoms with E-state index in [1.807, 2.05) is 0 Å². The fraction of sp³-hybridized carbons (Fsp3) is 1.00. The number of nitrogens with two attached hydrogens (primary N) is 2. The molecule has 0 amide bonds. The van der Waals surface area contributed by atoms with E-state index in [1.54, 1.807) is 0 Å². The van der Waals surface area contributed by atoms with Crippen molar-refractivity contribution in [1.29, 1.82) is 0 Å². The van der Waals surface area contributed by atoms with Gasteiger partial charge in [-0.05, 0) is 37.5 Å². The highest BCUT2D eigenvalue weighted by Crippen LogP contribution is 2.36. The van der Waals surface area contributed by atoms with Crippen LogP contribution >= 0.6 is 0 Å². The Morgan fingerprint density at radius 3 is 2.19 bits per heavy atom.